The van der Waals surface area contributed by atoms with Gasteiger partial charge in [-0.05, 0) is 37.2 Å². The number of carbonyl (C=O) groups excluding carboxylic acids is 2. The van der Waals surface area contributed by atoms with Crippen LogP contribution in [0, 0.1) is 11.8 Å². The van der Waals surface area contributed by atoms with E-state index in [0.29, 0.717) is 42.2 Å². The van der Waals surface area contributed by atoms with E-state index in [1.54, 1.807) is 6.07 Å². The van der Waals surface area contributed by atoms with Gasteiger partial charge in [-0.3, -0.25) is 9.59 Å². The number of cyclic esters (lactones) is 2. The molecule has 1 aromatic carbocycles. The number of benzene rings is 1. The van der Waals surface area contributed by atoms with Crippen LogP contribution in [0.15, 0.2) is 6.07 Å². The summed E-state index contributed by atoms with van der Waals surface area (Å²) in [6, 6.07) is 1.58. The van der Waals surface area contributed by atoms with Gasteiger partial charge in [-0.15, -0.1) is 0 Å². The van der Waals surface area contributed by atoms with Gasteiger partial charge >= 0.3 is 11.9 Å². The third-order valence-corrected chi connectivity index (χ3v) is 5.03. The van der Waals surface area contributed by atoms with Gasteiger partial charge in [0.15, 0.2) is 11.5 Å². The van der Waals surface area contributed by atoms with Crippen LogP contribution in [0.4, 0.5) is 0 Å². The van der Waals surface area contributed by atoms with Crippen molar-refractivity contribution in [3.05, 3.63) is 17.2 Å². The van der Waals surface area contributed by atoms with Crippen LogP contribution < -0.4 is 9.47 Å². The smallest absolute Gasteiger partial charge is 0.320 e. The highest BCUT2D eigenvalue weighted by Crippen LogP contribution is 2.48. The SMILES string of the molecule is COc1cc(C2(CCC(C)C)OC(=O)CC(=O)O2)c(CCC(C)C)c(OC)c1O. The van der Waals surface area contributed by atoms with E-state index in [9.17, 15) is 14.7 Å². The van der Waals surface area contributed by atoms with Crippen molar-refractivity contribution in [2.24, 2.45) is 11.8 Å². The molecule has 29 heavy (non-hydrogen) atoms. The van der Waals surface area contributed by atoms with Gasteiger partial charge in [0.2, 0.25) is 5.75 Å². The summed E-state index contributed by atoms with van der Waals surface area (Å²) >= 11 is 0. The van der Waals surface area contributed by atoms with Crippen molar-refractivity contribution in [2.45, 2.75) is 65.6 Å². The van der Waals surface area contributed by atoms with E-state index < -0.39 is 24.1 Å². The number of aromatic hydroxyl groups is 1. The molecular weight excluding hydrogens is 376 g/mol. The van der Waals surface area contributed by atoms with Crippen LogP contribution in [-0.4, -0.2) is 31.3 Å². The third kappa shape index (κ3) is 5.14. The molecule has 1 heterocycles. The third-order valence-electron chi connectivity index (χ3n) is 5.03. The Morgan fingerprint density at radius 3 is 2.10 bits per heavy atom. The molecule has 0 amide bonds. The molecule has 7 heteroatoms. The molecule has 1 fully saturated rings. The Balaban J connectivity index is 2.72. The number of phenols is 1. The second-order valence-electron chi connectivity index (χ2n) is 8.23. The fourth-order valence-corrected chi connectivity index (χ4v) is 3.46. The first kappa shape index (κ1) is 22.8. The topological polar surface area (TPSA) is 91.3 Å². The van der Waals surface area contributed by atoms with Gasteiger partial charge in [-0.2, -0.15) is 0 Å². The Kier molecular flexibility index (Phi) is 7.38. The van der Waals surface area contributed by atoms with Crippen molar-refractivity contribution in [2.75, 3.05) is 14.2 Å². The first-order valence-corrected chi connectivity index (χ1v) is 10.0. The molecule has 0 aromatic heterocycles. The predicted molar refractivity (Wildman–Crippen MR) is 107 cm³/mol. The van der Waals surface area contributed by atoms with Crippen LogP contribution in [0.25, 0.3) is 0 Å². The van der Waals surface area contributed by atoms with Gasteiger partial charge < -0.3 is 24.1 Å². The highest BCUT2D eigenvalue weighted by Gasteiger charge is 2.47. The minimum Gasteiger partial charge on any atom is -0.502 e. The summed E-state index contributed by atoms with van der Waals surface area (Å²) in [4.78, 5) is 24.5. The van der Waals surface area contributed by atoms with Crippen LogP contribution in [0.3, 0.4) is 0 Å². The fourth-order valence-electron chi connectivity index (χ4n) is 3.46. The standard InChI is InChI=1S/C22H32O7/c1-13(2)7-8-15-16(11-17(26-5)20(25)21(15)27-6)22(10-9-14(3)4)28-18(23)12-19(24)29-22/h11,13-14,25H,7-10,12H2,1-6H3. The Morgan fingerprint density at radius 1 is 1.03 bits per heavy atom. The van der Waals surface area contributed by atoms with Crippen molar-refractivity contribution in [3.8, 4) is 17.2 Å². The molecule has 1 aliphatic heterocycles. The molecule has 7 nitrogen and oxygen atoms in total. The van der Waals surface area contributed by atoms with E-state index in [1.165, 1.54) is 14.2 Å². The molecule has 1 saturated heterocycles. The zero-order valence-electron chi connectivity index (χ0n) is 18.2. The zero-order valence-corrected chi connectivity index (χ0v) is 18.2. The van der Waals surface area contributed by atoms with Gasteiger partial charge in [0, 0.05) is 17.5 Å². The van der Waals surface area contributed by atoms with E-state index in [2.05, 4.69) is 13.8 Å². The number of phenolic OH excluding ortho intramolecular Hbond substituents is 1. The molecule has 1 N–H and O–H groups in total. The molecule has 1 aromatic rings. The maximum absolute atomic E-state index is 12.2. The van der Waals surface area contributed by atoms with Crippen molar-refractivity contribution in [1.82, 2.24) is 0 Å². The minimum absolute atomic E-state index is 0.134. The summed E-state index contributed by atoms with van der Waals surface area (Å²) in [6.45, 7) is 8.26. The lowest BCUT2D eigenvalue weighted by molar-refractivity contribution is -0.253. The summed E-state index contributed by atoms with van der Waals surface area (Å²) in [7, 11) is 2.88. The lowest BCUT2D eigenvalue weighted by Gasteiger charge is -2.38. The molecule has 0 atom stereocenters. The van der Waals surface area contributed by atoms with Gasteiger partial charge in [-0.25, -0.2) is 0 Å². The lowest BCUT2D eigenvalue weighted by Crippen LogP contribution is -2.44. The highest BCUT2D eigenvalue weighted by atomic mass is 16.7. The maximum Gasteiger partial charge on any atom is 0.320 e. The van der Waals surface area contributed by atoms with Crippen LogP contribution >= 0.6 is 0 Å². The number of carbonyl (C=O) groups is 2. The molecule has 0 radical (unpaired) electrons. The van der Waals surface area contributed by atoms with Crippen molar-refractivity contribution < 1.29 is 33.6 Å². The largest absolute Gasteiger partial charge is 0.502 e. The van der Waals surface area contributed by atoms with Crippen molar-refractivity contribution >= 4 is 11.9 Å². The average Bonchev–Trinajstić information content (AvgIpc) is 2.63. The Morgan fingerprint density at radius 2 is 1.62 bits per heavy atom. The number of esters is 2. The van der Waals surface area contributed by atoms with E-state index in [4.69, 9.17) is 18.9 Å². The van der Waals surface area contributed by atoms with E-state index in [-0.39, 0.29) is 17.2 Å². The number of methoxy groups -OCH3 is 2. The Bertz CT molecular complexity index is 736. The average molecular weight is 408 g/mol. The lowest BCUT2D eigenvalue weighted by atomic mass is 9.88. The highest BCUT2D eigenvalue weighted by molar-refractivity contribution is 5.93. The summed E-state index contributed by atoms with van der Waals surface area (Å²) in [5.74, 6) is -1.89. The molecule has 0 saturated carbocycles. The summed E-state index contributed by atoms with van der Waals surface area (Å²) in [5, 5.41) is 10.6. The van der Waals surface area contributed by atoms with Crippen LogP contribution in [0.1, 0.15) is 64.5 Å². The first-order valence-electron chi connectivity index (χ1n) is 10.0. The van der Waals surface area contributed by atoms with Gasteiger partial charge in [0.05, 0.1) is 14.2 Å². The van der Waals surface area contributed by atoms with Crippen LogP contribution in [0.5, 0.6) is 17.2 Å². The molecule has 0 aliphatic carbocycles. The van der Waals surface area contributed by atoms with E-state index >= 15 is 0 Å². The summed E-state index contributed by atoms with van der Waals surface area (Å²) in [6.07, 6.45) is 1.89. The Labute approximate surface area is 172 Å². The van der Waals surface area contributed by atoms with Crippen LogP contribution in [0.2, 0.25) is 0 Å². The molecule has 2 rings (SSSR count). The first-order chi connectivity index (χ1) is 13.6. The van der Waals surface area contributed by atoms with Gasteiger partial charge in [0.25, 0.3) is 5.79 Å². The maximum atomic E-state index is 12.2. The van der Waals surface area contributed by atoms with Crippen molar-refractivity contribution in [1.29, 1.82) is 0 Å². The van der Waals surface area contributed by atoms with Gasteiger partial charge in [0.1, 0.15) is 6.42 Å². The molecule has 1 aliphatic rings. The van der Waals surface area contributed by atoms with Gasteiger partial charge in [-0.1, -0.05) is 27.7 Å². The molecule has 162 valence electrons. The zero-order chi connectivity index (χ0) is 21.8. The minimum atomic E-state index is -1.57. The second-order valence-corrected chi connectivity index (χ2v) is 8.23. The quantitative estimate of drug-likeness (QED) is 0.486. The monoisotopic (exact) mass is 408 g/mol. The second kappa shape index (κ2) is 9.37. The normalized spacial score (nSPS) is 16.0. The fraction of sp³-hybridized carbons (Fsp3) is 0.636. The molecule has 0 spiro atoms. The number of rotatable bonds is 9. The number of hydrogen-bond donors (Lipinski definition) is 1. The molecule has 0 unspecified atom stereocenters. The van der Waals surface area contributed by atoms with E-state index in [1.807, 2.05) is 13.8 Å². The number of hydrogen-bond acceptors (Lipinski definition) is 7. The molecular formula is C22H32O7. The summed E-state index contributed by atoms with van der Waals surface area (Å²) < 4.78 is 22.2. The van der Waals surface area contributed by atoms with E-state index in [0.717, 1.165) is 6.42 Å². The predicted octanol–water partition coefficient (Wildman–Crippen LogP) is 4.08. The Hall–Kier alpha value is -2.44. The number of ether oxygens (including phenoxy) is 4. The summed E-state index contributed by atoms with van der Waals surface area (Å²) in [5.41, 5.74) is 1.12. The molecule has 0 bridgehead atoms. The van der Waals surface area contributed by atoms with Crippen molar-refractivity contribution in [3.63, 3.8) is 0 Å². The van der Waals surface area contributed by atoms with Crippen LogP contribution in [-0.2, 0) is 31.3 Å².